The van der Waals surface area contributed by atoms with E-state index in [1.807, 2.05) is 0 Å². The van der Waals surface area contributed by atoms with Crippen LogP contribution in [0.25, 0.3) is 87.3 Å². The number of nitrogens with zero attached hydrogens (tertiary/aromatic N) is 1. The van der Waals surface area contributed by atoms with Crippen LogP contribution in [0.3, 0.4) is 0 Å². The van der Waals surface area contributed by atoms with Crippen LogP contribution in [0.1, 0.15) is 0 Å². The molecule has 11 rings (SSSR count). The second kappa shape index (κ2) is 12.2. The van der Waals surface area contributed by atoms with Crippen molar-refractivity contribution in [1.29, 1.82) is 0 Å². The van der Waals surface area contributed by atoms with Crippen molar-refractivity contribution in [3.05, 3.63) is 200 Å². The molecule has 0 fully saturated rings. The third-order valence-corrected chi connectivity index (χ3v) is 11.0. The average molecular weight is 688 g/mol. The summed E-state index contributed by atoms with van der Waals surface area (Å²) >= 11 is 0. The summed E-state index contributed by atoms with van der Waals surface area (Å²) in [7, 11) is 0. The third kappa shape index (κ3) is 5.03. The Labute approximate surface area is 312 Å². The predicted octanol–water partition coefficient (Wildman–Crippen LogP) is 15.0. The van der Waals surface area contributed by atoms with E-state index in [9.17, 15) is 0 Å². The van der Waals surface area contributed by atoms with Gasteiger partial charge in [0.2, 0.25) is 0 Å². The second-order valence-electron chi connectivity index (χ2n) is 14.2. The van der Waals surface area contributed by atoms with Crippen LogP contribution in [0.2, 0.25) is 0 Å². The fourth-order valence-electron chi connectivity index (χ4n) is 8.28. The van der Waals surface area contributed by atoms with E-state index in [1.165, 1.54) is 54.2 Å². The SMILES string of the molecule is c1ccc(N(c2ccc(-c3ccc4c(ccc5ccccc54)c3)cc2)c2ccc3ccccc3c2)c(-c2ccc3oc4cc5ccccc5cc4c3c2)c1. The molecule has 0 saturated carbocycles. The predicted molar refractivity (Wildman–Crippen MR) is 229 cm³/mol. The largest absolute Gasteiger partial charge is 0.456 e. The van der Waals surface area contributed by atoms with Crippen LogP contribution in [0.4, 0.5) is 17.1 Å². The number of hydrogen-bond acceptors (Lipinski definition) is 2. The topological polar surface area (TPSA) is 16.4 Å². The number of anilines is 3. The standard InChI is InChI=1S/C52H33NO/c1-2-11-37-30-44(26-21-34(37)9-1)53(43-24-19-35(20-25-43)40-22-27-46-41(29-40)18-17-36-10-5-6-14-45(36)46)50-16-8-7-15-47(50)42-23-28-51-48(32-42)49-31-38-12-3-4-13-39(38)33-52(49)54-51/h1-33H. The zero-order chi connectivity index (χ0) is 35.6. The molecule has 0 N–H and O–H groups in total. The Bertz CT molecular complexity index is 3230. The van der Waals surface area contributed by atoms with Crippen molar-refractivity contribution in [3.8, 4) is 22.3 Å². The van der Waals surface area contributed by atoms with Gasteiger partial charge in [0.1, 0.15) is 11.2 Å². The summed E-state index contributed by atoms with van der Waals surface area (Å²) in [6, 6.07) is 72.5. The molecule has 0 amide bonds. The van der Waals surface area contributed by atoms with Gasteiger partial charge in [0.15, 0.2) is 0 Å². The van der Waals surface area contributed by atoms with Gasteiger partial charge in [-0.3, -0.25) is 0 Å². The highest BCUT2D eigenvalue weighted by Gasteiger charge is 2.19. The Balaban J connectivity index is 1.05. The third-order valence-electron chi connectivity index (χ3n) is 11.0. The molecule has 0 unspecified atom stereocenters. The molecule has 0 aliphatic heterocycles. The number of fused-ring (bicyclic) bond motifs is 8. The van der Waals surface area contributed by atoms with Crippen molar-refractivity contribution in [2.45, 2.75) is 0 Å². The molecule has 0 saturated heterocycles. The van der Waals surface area contributed by atoms with Crippen LogP contribution in [0, 0.1) is 0 Å². The second-order valence-corrected chi connectivity index (χ2v) is 14.2. The van der Waals surface area contributed by atoms with Crippen LogP contribution in [0.5, 0.6) is 0 Å². The van der Waals surface area contributed by atoms with E-state index >= 15 is 0 Å². The Kier molecular flexibility index (Phi) is 6.90. The van der Waals surface area contributed by atoms with Crippen molar-refractivity contribution >= 4 is 82.1 Å². The van der Waals surface area contributed by atoms with Gasteiger partial charge < -0.3 is 9.32 Å². The molecule has 2 heteroatoms. The van der Waals surface area contributed by atoms with E-state index in [0.717, 1.165) is 50.1 Å². The summed E-state index contributed by atoms with van der Waals surface area (Å²) in [5.41, 5.74) is 9.78. The first kappa shape index (κ1) is 30.5. The van der Waals surface area contributed by atoms with Crippen molar-refractivity contribution < 1.29 is 4.42 Å². The summed E-state index contributed by atoms with van der Waals surface area (Å²) in [4.78, 5) is 2.39. The molecule has 11 aromatic rings. The minimum absolute atomic E-state index is 0.894. The lowest BCUT2D eigenvalue weighted by Gasteiger charge is -2.28. The number of hydrogen-bond donors (Lipinski definition) is 0. The van der Waals surface area contributed by atoms with Crippen LogP contribution in [-0.2, 0) is 0 Å². The zero-order valence-electron chi connectivity index (χ0n) is 29.4. The van der Waals surface area contributed by atoms with Crippen LogP contribution >= 0.6 is 0 Å². The Morgan fingerprint density at radius 3 is 1.74 bits per heavy atom. The van der Waals surface area contributed by atoms with Gasteiger partial charge in [0.05, 0.1) is 5.69 Å². The van der Waals surface area contributed by atoms with Crippen molar-refractivity contribution in [2.75, 3.05) is 4.90 Å². The summed E-state index contributed by atoms with van der Waals surface area (Å²) in [5, 5.41) is 12.1. The molecule has 0 spiro atoms. The summed E-state index contributed by atoms with van der Waals surface area (Å²) < 4.78 is 6.39. The minimum atomic E-state index is 0.894. The number of rotatable bonds is 5. The maximum absolute atomic E-state index is 6.39. The zero-order valence-corrected chi connectivity index (χ0v) is 29.4. The van der Waals surface area contributed by atoms with Gasteiger partial charge >= 0.3 is 0 Å². The number of benzene rings is 10. The molecule has 0 radical (unpaired) electrons. The molecule has 10 aromatic carbocycles. The van der Waals surface area contributed by atoms with E-state index in [-0.39, 0.29) is 0 Å². The quantitative estimate of drug-likeness (QED) is 0.168. The van der Waals surface area contributed by atoms with Gasteiger partial charge in [-0.15, -0.1) is 0 Å². The van der Waals surface area contributed by atoms with Gasteiger partial charge in [0.25, 0.3) is 0 Å². The van der Waals surface area contributed by atoms with E-state index in [1.54, 1.807) is 0 Å². The van der Waals surface area contributed by atoms with Gasteiger partial charge in [-0.1, -0.05) is 140 Å². The maximum atomic E-state index is 6.39. The van der Waals surface area contributed by atoms with Crippen molar-refractivity contribution in [2.24, 2.45) is 0 Å². The minimum Gasteiger partial charge on any atom is -0.456 e. The van der Waals surface area contributed by atoms with E-state index < -0.39 is 0 Å². The Morgan fingerprint density at radius 2 is 0.889 bits per heavy atom. The molecular formula is C52H33NO. The van der Waals surface area contributed by atoms with E-state index in [4.69, 9.17) is 4.42 Å². The molecule has 252 valence electrons. The fraction of sp³-hybridized carbons (Fsp3) is 0. The number of furan rings is 1. The Hall–Kier alpha value is -7.16. The monoisotopic (exact) mass is 687 g/mol. The van der Waals surface area contributed by atoms with Gasteiger partial charge in [-0.25, -0.2) is 0 Å². The van der Waals surface area contributed by atoms with Gasteiger partial charge in [-0.05, 0) is 120 Å². The summed E-state index contributed by atoms with van der Waals surface area (Å²) in [6.07, 6.45) is 0. The normalized spacial score (nSPS) is 11.7. The molecule has 54 heavy (non-hydrogen) atoms. The molecule has 0 aliphatic carbocycles. The molecular weight excluding hydrogens is 655 g/mol. The highest BCUT2D eigenvalue weighted by Crippen LogP contribution is 2.44. The summed E-state index contributed by atoms with van der Waals surface area (Å²) in [6.45, 7) is 0. The van der Waals surface area contributed by atoms with Crippen molar-refractivity contribution in [1.82, 2.24) is 0 Å². The smallest absolute Gasteiger partial charge is 0.136 e. The molecule has 0 aliphatic rings. The lowest BCUT2D eigenvalue weighted by atomic mass is 9.97. The van der Waals surface area contributed by atoms with Crippen molar-refractivity contribution in [3.63, 3.8) is 0 Å². The molecule has 1 aromatic heterocycles. The molecule has 2 nitrogen and oxygen atoms in total. The maximum Gasteiger partial charge on any atom is 0.136 e. The first-order chi connectivity index (χ1) is 26.7. The highest BCUT2D eigenvalue weighted by atomic mass is 16.3. The van der Waals surface area contributed by atoms with Gasteiger partial charge in [-0.2, -0.15) is 0 Å². The lowest BCUT2D eigenvalue weighted by molar-refractivity contribution is 0.669. The van der Waals surface area contributed by atoms with Crippen LogP contribution in [-0.4, -0.2) is 0 Å². The molecule has 1 heterocycles. The first-order valence-electron chi connectivity index (χ1n) is 18.5. The average Bonchev–Trinajstić information content (AvgIpc) is 3.59. The van der Waals surface area contributed by atoms with Crippen LogP contribution < -0.4 is 4.90 Å². The highest BCUT2D eigenvalue weighted by molar-refractivity contribution is 6.12. The molecule has 0 bridgehead atoms. The lowest BCUT2D eigenvalue weighted by Crippen LogP contribution is -2.11. The van der Waals surface area contributed by atoms with E-state index in [2.05, 4.69) is 205 Å². The summed E-state index contributed by atoms with van der Waals surface area (Å²) in [5.74, 6) is 0. The molecule has 0 atom stereocenters. The first-order valence-corrected chi connectivity index (χ1v) is 18.5. The van der Waals surface area contributed by atoms with Gasteiger partial charge in [0, 0.05) is 27.7 Å². The van der Waals surface area contributed by atoms with Crippen LogP contribution in [0.15, 0.2) is 205 Å². The van der Waals surface area contributed by atoms with E-state index in [0.29, 0.717) is 0 Å². The number of para-hydroxylation sites is 1. The fourth-order valence-corrected chi connectivity index (χ4v) is 8.28. The Morgan fingerprint density at radius 1 is 0.296 bits per heavy atom.